The quantitative estimate of drug-likeness (QED) is 0.0264. The van der Waals surface area contributed by atoms with Crippen molar-refractivity contribution in [2.24, 2.45) is 0 Å². The Kier molecular flexibility index (Phi) is 28.9. The smallest absolute Gasteiger partial charge is 0.416 e. The van der Waals surface area contributed by atoms with Crippen LogP contribution in [0.1, 0.15) is 44.5 Å². The molecule has 10 rings (SSSR count). The molecular formula is C71H38F30O18S8. The number of halogens is 30. The van der Waals surface area contributed by atoms with Crippen molar-refractivity contribution in [3.05, 3.63) is 275 Å². The number of hydrogen-bond acceptors (Lipinski definition) is 18. The summed E-state index contributed by atoms with van der Waals surface area (Å²) in [6, 6.07) is 34.7. The van der Waals surface area contributed by atoms with Crippen LogP contribution < -0.4 is 16.7 Å². The Morgan fingerprint density at radius 3 is 0.480 bits per heavy atom. The summed E-state index contributed by atoms with van der Waals surface area (Å²) in [4.78, 5) is -2.78. The molecule has 0 atom stereocenters. The molecule has 0 saturated carbocycles. The van der Waals surface area contributed by atoms with Gasteiger partial charge >= 0.3 is 106 Å². The lowest BCUT2D eigenvalue weighted by Gasteiger charge is -2.34. The molecule has 127 heavy (non-hydrogen) atoms. The molecule has 0 radical (unpaired) electrons. The van der Waals surface area contributed by atoms with Crippen LogP contribution >= 0.6 is 0 Å². The molecule has 10 aromatic carbocycles. The first-order valence-corrected chi connectivity index (χ1v) is 43.4. The van der Waals surface area contributed by atoms with Gasteiger partial charge in [-0.1, -0.05) is 36.4 Å². The summed E-state index contributed by atoms with van der Waals surface area (Å²) < 4.78 is 573. The molecule has 688 valence electrons. The van der Waals surface area contributed by atoms with Crippen molar-refractivity contribution < 1.29 is 208 Å². The van der Waals surface area contributed by atoms with E-state index in [4.69, 9.17) is 16.7 Å². The Labute approximate surface area is 699 Å². The van der Waals surface area contributed by atoms with Gasteiger partial charge in [-0.3, -0.25) is 0 Å². The van der Waals surface area contributed by atoms with Gasteiger partial charge in [-0.05, 0) is 194 Å². The molecule has 0 aromatic heterocycles. The van der Waals surface area contributed by atoms with E-state index >= 15 is 0 Å². The summed E-state index contributed by atoms with van der Waals surface area (Å²) in [7, 11) is -37.9. The molecular weight excluding hydrogens is 1970 g/mol. The first-order chi connectivity index (χ1) is 57.5. The summed E-state index contributed by atoms with van der Waals surface area (Å²) in [5.41, 5.74) is -15.1. The largest absolute Gasteiger partial charge is 0.743 e. The summed E-state index contributed by atoms with van der Waals surface area (Å²) >= 11 is 0. The van der Waals surface area contributed by atoms with Crippen LogP contribution in [-0.4, -0.2) is 76.0 Å². The summed E-state index contributed by atoms with van der Waals surface area (Å²) in [5, 5.41) is -13.9. The molecule has 0 saturated heterocycles. The van der Waals surface area contributed by atoms with E-state index in [0.717, 1.165) is 48.5 Å². The predicted molar refractivity (Wildman–Crippen MR) is 374 cm³/mol. The van der Waals surface area contributed by atoms with Crippen LogP contribution in [0.2, 0.25) is 0 Å². The molecule has 56 heteroatoms. The molecule has 0 amide bonds. The van der Waals surface area contributed by atoms with Gasteiger partial charge in [0.1, 0.15) is 42.6 Å². The molecule has 0 spiro atoms. The Hall–Kier alpha value is -10.4. The molecule has 0 aliphatic heterocycles. The standard InChI is InChI=1S/2C34H19F12O6S3.C3H2F6O6S2/c2*35-31(36,37)20-14-21(32(38,39)40)17-29(16-20)54(47,48)51-24-6-10-27(11-7-24)53(26-4-2-1-3-5-26)28-12-8-25(9-13-28)52-55(49,50)30-18-22(33(41,42)43)15-23(19-30)34(44,45)46;4-1(5,2(6,7)16(10,11)12)3(8,9)17(13,14)15/h2*1-19H;(H,10,11,12)(H,13,14,15)/q2*+1;/p-2. The monoisotopic (exact) mass is 2000 g/mol. The Morgan fingerprint density at radius 1 is 0.205 bits per heavy atom. The van der Waals surface area contributed by atoms with Gasteiger partial charge in [0.2, 0.25) is 0 Å². The number of hydrogen-bond donors (Lipinski definition) is 0. The lowest BCUT2D eigenvalue weighted by atomic mass is 10.1. The lowest BCUT2D eigenvalue weighted by molar-refractivity contribution is -0.247. The number of alkyl halides is 30. The third kappa shape index (κ3) is 24.7. The summed E-state index contributed by atoms with van der Waals surface area (Å²) in [6.07, 6.45) is -42.6. The van der Waals surface area contributed by atoms with Crippen molar-refractivity contribution in [2.45, 2.75) is 115 Å². The van der Waals surface area contributed by atoms with Gasteiger partial charge in [0.25, 0.3) is 0 Å². The highest BCUT2D eigenvalue weighted by Crippen LogP contribution is 2.51. The second kappa shape index (κ2) is 35.9. The molecule has 0 aliphatic rings. The van der Waals surface area contributed by atoms with Gasteiger partial charge in [-0.15, -0.1) is 0 Å². The minimum absolute atomic E-state index is 0.0101. The normalized spacial score (nSPS) is 13.6. The molecule has 0 unspecified atom stereocenters. The van der Waals surface area contributed by atoms with Crippen LogP contribution in [0.5, 0.6) is 23.0 Å². The zero-order chi connectivity index (χ0) is 96.1. The second-order valence-electron chi connectivity index (χ2n) is 24.8. The molecule has 0 bridgehead atoms. The van der Waals surface area contributed by atoms with Gasteiger partial charge < -0.3 is 25.8 Å². The Balaban J connectivity index is 0.000000266. The van der Waals surface area contributed by atoms with Gasteiger partial charge in [-0.2, -0.15) is 165 Å². The van der Waals surface area contributed by atoms with Crippen molar-refractivity contribution in [3.63, 3.8) is 0 Å². The maximum absolute atomic E-state index is 13.3. The topological polar surface area (TPSA) is 288 Å². The average molecular weight is 2010 g/mol. The molecule has 10 aromatic rings. The van der Waals surface area contributed by atoms with Gasteiger partial charge in [0.15, 0.2) is 49.6 Å². The average Bonchev–Trinajstić information content (AvgIpc) is 0.724. The maximum Gasteiger partial charge on any atom is 0.416 e. The van der Waals surface area contributed by atoms with Crippen molar-refractivity contribution >= 4 is 82.5 Å². The fourth-order valence-corrected chi connectivity index (χ4v) is 19.0. The van der Waals surface area contributed by atoms with E-state index in [2.05, 4.69) is 0 Å². The maximum atomic E-state index is 13.3. The van der Waals surface area contributed by atoms with Crippen molar-refractivity contribution in [3.8, 4) is 23.0 Å². The first kappa shape index (κ1) is 102. The number of benzene rings is 10. The van der Waals surface area contributed by atoms with Crippen LogP contribution in [0.3, 0.4) is 0 Å². The fourth-order valence-electron chi connectivity index (χ4n) is 9.92. The van der Waals surface area contributed by atoms with E-state index < -0.39 is 235 Å². The molecule has 0 heterocycles. The Bertz CT molecular complexity index is 5580. The third-order valence-corrected chi connectivity index (χ3v) is 26.9. The fraction of sp³-hybridized carbons (Fsp3) is 0.155. The van der Waals surface area contributed by atoms with Gasteiger partial charge in [0.05, 0.1) is 66.3 Å². The minimum atomic E-state index is -7.32. The minimum Gasteiger partial charge on any atom is -0.743 e. The van der Waals surface area contributed by atoms with Crippen LogP contribution in [-0.2, 0) is 132 Å². The summed E-state index contributed by atoms with van der Waals surface area (Å²) in [5.74, 6) is -9.19. The van der Waals surface area contributed by atoms with Crippen LogP contribution in [0.15, 0.2) is 279 Å². The highest BCUT2D eigenvalue weighted by Gasteiger charge is 2.78. The van der Waals surface area contributed by atoms with Gasteiger partial charge in [0, 0.05) is 0 Å². The SMILES string of the molecule is O=S(=O)(Oc1ccc([S+](c2ccccc2)c2ccc(OS(=O)(=O)c3cc(C(F)(F)F)cc(C(F)(F)F)c3)cc2)cc1)c1cc(C(F)(F)F)cc(C(F)(F)F)c1.O=S(=O)(Oc1ccc([S+](c2ccccc2)c2ccc(OS(=O)(=O)c3cc(C(F)(F)F)cc(C(F)(F)F)c3)cc2)cc1)c1cc(C(F)(F)F)cc(C(F)(F)F)c1.O=S(=O)([O-])C(F)(F)C(F)(F)C(F)(F)S(=O)(=O)[O-]. The van der Waals surface area contributed by atoms with E-state index in [1.54, 1.807) is 60.7 Å². The lowest BCUT2D eigenvalue weighted by Crippen LogP contribution is -2.60. The second-order valence-corrected chi connectivity index (χ2v) is 37.8. The van der Waals surface area contributed by atoms with Crippen molar-refractivity contribution in [1.82, 2.24) is 0 Å². The van der Waals surface area contributed by atoms with Crippen LogP contribution in [0.25, 0.3) is 0 Å². The van der Waals surface area contributed by atoms with Crippen LogP contribution in [0, 0.1) is 0 Å². The highest BCUT2D eigenvalue weighted by molar-refractivity contribution is 7.97. The molecule has 0 aliphatic carbocycles. The van der Waals surface area contributed by atoms with Crippen molar-refractivity contribution in [2.75, 3.05) is 0 Å². The van der Waals surface area contributed by atoms with Crippen molar-refractivity contribution in [1.29, 1.82) is 0 Å². The Morgan fingerprint density at radius 2 is 0.346 bits per heavy atom. The van der Waals surface area contributed by atoms with E-state index in [0.29, 0.717) is 29.4 Å². The third-order valence-electron chi connectivity index (χ3n) is 15.8. The predicted octanol–water partition coefficient (Wildman–Crippen LogP) is 20.7. The molecule has 18 nitrogen and oxygen atoms in total. The number of rotatable bonds is 22. The highest BCUT2D eigenvalue weighted by atomic mass is 32.2. The zero-order valence-electron chi connectivity index (χ0n) is 60.4. The molecule has 0 N–H and O–H groups in total. The summed E-state index contributed by atoms with van der Waals surface area (Å²) in [6.45, 7) is 0. The van der Waals surface area contributed by atoms with E-state index in [-0.39, 0.29) is 72.8 Å². The van der Waals surface area contributed by atoms with E-state index in [1.807, 2.05) is 0 Å². The van der Waals surface area contributed by atoms with E-state index in [9.17, 15) is 191 Å². The first-order valence-electron chi connectivity index (χ1n) is 32.5. The molecule has 0 fully saturated rings. The zero-order valence-corrected chi connectivity index (χ0v) is 66.9. The van der Waals surface area contributed by atoms with Gasteiger partial charge in [-0.25, -0.2) is 16.8 Å². The van der Waals surface area contributed by atoms with E-state index in [1.165, 1.54) is 48.5 Å². The van der Waals surface area contributed by atoms with Crippen LogP contribution in [0.4, 0.5) is 132 Å².